The first-order valence-electron chi connectivity index (χ1n) is 5.19. The summed E-state index contributed by atoms with van der Waals surface area (Å²) in [6.07, 6.45) is -4.58. The fourth-order valence-electron chi connectivity index (χ4n) is 1.70. The van der Waals surface area contributed by atoms with Gasteiger partial charge in [-0.3, -0.25) is 4.90 Å². The van der Waals surface area contributed by atoms with Crippen LogP contribution in [0.2, 0.25) is 0 Å². The third kappa shape index (κ3) is 2.33. The van der Waals surface area contributed by atoms with E-state index in [1.54, 1.807) is 0 Å². The van der Waals surface area contributed by atoms with Crippen molar-refractivity contribution in [3.63, 3.8) is 0 Å². The van der Waals surface area contributed by atoms with E-state index in [2.05, 4.69) is 0 Å². The predicted octanol–water partition coefficient (Wildman–Crippen LogP) is 2.57. The highest BCUT2D eigenvalue weighted by Crippen LogP contribution is 2.38. The van der Waals surface area contributed by atoms with Crippen LogP contribution in [0, 0.1) is 0 Å². The van der Waals surface area contributed by atoms with E-state index in [4.69, 9.17) is 0 Å². The zero-order valence-corrected chi connectivity index (χ0v) is 10.2. The van der Waals surface area contributed by atoms with Gasteiger partial charge in [0.25, 0.3) is 0 Å². The van der Waals surface area contributed by atoms with Gasteiger partial charge in [-0.2, -0.15) is 13.2 Å². The van der Waals surface area contributed by atoms with Gasteiger partial charge in [-0.25, -0.2) is 4.79 Å². The first-order valence-corrected chi connectivity index (χ1v) is 5.19. The van der Waals surface area contributed by atoms with E-state index in [0.29, 0.717) is 0 Å². The summed E-state index contributed by atoms with van der Waals surface area (Å²) < 4.78 is 38.7. The Balaban J connectivity index is 3.54. The number of halogens is 3. The Morgan fingerprint density at radius 1 is 1.17 bits per heavy atom. The van der Waals surface area contributed by atoms with Crippen molar-refractivity contribution in [2.75, 3.05) is 14.1 Å². The van der Waals surface area contributed by atoms with Gasteiger partial charge in [-0.1, -0.05) is 18.2 Å². The van der Waals surface area contributed by atoms with Crippen LogP contribution in [0.5, 0.6) is 0 Å². The fourth-order valence-corrected chi connectivity index (χ4v) is 1.70. The molecular weight excluding hydrogens is 247 g/mol. The Morgan fingerprint density at radius 2 is 1.61 bits per heavy atom. The van der Waals surface area contributed by atoms with E-state index in [9.17, 15) is 23.1 Å². The summed E-state index contributed by atoms with van der Waals surface area (Å²) in [5.41, 5.74) is -2.93. The summed E-state index contributed by atoms with van der Waals surface area (Å²) in [6.45, 7) is 1.25. The molecule has 0 fully saturated rings. The van der Waals surface area contributed by atoms with Crippen molar-refractivity contribution < 1.29 is 23.1 Å². The highest BCUT2D eigenvalue weighted by molar-refractivity contribution is 5.80. The van der Waals surface area contributed by atoms with E-state index in [1.165, 1.54) is 44.1 Å². The minimum Gasteiger partial charge on any atom is -0.480 e. The standard InChI is InChI=1S/C12H14F3NO2/c1-11(10(17)18,16(2)3)8-6-4-5-7-9(8)12(13,14)15/h4-7H,1-3H3,(H,17,18). The number of hydrogen-bond donors (Lipinski definition) is 1. The first-order chi connectivity index (χ1) is 8.11. The fraction of sp³-hybridized carbons (Fsp3) is 0.417. The lowest BCUT2D eigenvalue weighted by atomic mass is 9.87. The van der Waals surface area contributed by atoms with Crippen LogP contribution in [0.15, 0.2) is 24.3 Å². The molecule has 1 atom stereocenters. The largest absolute Gasteiger partial charge is 0.480 e. The summed E-state index contributed by atoms with van der Waals surface area (Å²) in [7, 11) is 2.86. The molecule has 100 valence electrons. The van der Waals surface area contributed by atoms with Crippen molar-refractivity contribution in [1.82, 2.24) is 4.90 Å². The maximum absolute atomic E-state index is 12.9. The zero-order chi connectivity index (χ0) is 14.1. The number of carboxylic acid groups (broad SMARTS) is 1. The van der Waals surface area contributed by atoms with Gasteiger partial charge in [0.2, 0.25) is 0 Å². The second kappa shape index (κ2) is 4.61. The maximum atomic E-state index is 12.9. The number of benzene rings is 1. The smallest absolute Gasteiger partial charge is 0.416 e. The number of hydrogen-bond acceptors (Lipinski definition) is 2. The highest BCUT2D eigenvalue weighted by Gasteiger charge is 2.44. The van der Waals surface area contributed by atoms with Crippen LogP contribution in [0.1, 0.15) is 18.1 Å². The molecule has 3 nitrogen and oxygen atoms in total. The number of carbonyl (C=O) groups is 1. The van der Waals surface area contributed by atoms with Crippen LogP contribution in [0.25, 0.3) is 0 Å². The van der Waals surface area contributed by atoms with Crippen LogP contribution in [0.3, 0.4) is 0 Å². The van der Waals surface area contributed by atoms with Crippen molar-refractivity contribution in [3.8, 4) is 0 Å². The predicted molar refractivity (Wildman–Crippen MR) is 60.1 cm³/mol. The van der Waals surface area contributed by atoms with Crippen molar-refractivity contribution in [1.29, 1.82) is 0 Å². The molecule has 0 aliphatic rings. The maximum Gasteiger partial charge on any atom is 0.416 e. The molecule has 1 rings (SSSR count). The molecule has 1 N–H and O–H groups in total. The topological polar surface area (TPSA) is 40.5 Å². The molecule has 0 saturated carbocycles. The highest BCUT2D eigenvalue weighted by atomic mass is 19.4. The van der Waals surface area contributed by atoms with Crippen LogP contribution in [-0.4, -0.2) is 30.1 Å². The van der Waals surface area contributed by atoms with Crippen molar-refractivity contribution in [2.24, 2.45) is 0 Å². The van der Waals surface area contributed by atoms with Gasteiger partial charge in [0, 0.05) is 0 Å². The van der Waals surface area contributed by atoms with Crippen molar-refractivity contribution in [3.05, 3.63) is 35.4 Å². The van der Waals surface area contributed by atoms with Gasteiger partial charge in [-0.05, 0) is 32.6 Å². The summed E-state index contributed by atoms with van der Waals surface area (Å²) >= 11 is 0. The minimum absolute atomic E-state index is 0.269. The quantitative estimate of drug-likeness (QED) is 0.909. The molecular formula is C12H14F3NO2. The molecule has 0 radical (unpaired) electrons. The average Bonchev–Trinajstić information content (AvgIpc) is 2.26. The number of alkyl halides is 3. The Bertz CT molecular complexity index is 457. The van der Waals surface area contributed by atoms with Gasteiger partial charge >= 0.3 is 12.1 Å². The Labute approximate surface area is 103 Å². The molecule has 0 aliphatic carbocycles. The molecule has 0 spiro atoms. The van der Waals surface area contributed by atoms with Gasteiger partial charge in [0.1, 0.15) is 5.54 Å². The van der Waals surface area contributed by atoms with Gasteiger partial charge in [0.05, 0.1) is 5.56 Å². The second-order valence-corrected chi connectivity index (χ2v) is 4.32. The lowest BCUT2D eigenvalue weighted by Crippen LogP contribution is -2.46. The van der Waals surface area contributed by atoms with Crippen LogP contribution >= 0.6 is 0 Å². The van der Waals surface area contributed by atoms with Crippen LogP contribution in [-0.2, 0) is 16.5 Å². The number of nitrogens with zero attached hydrogens (tertiary/aromatic N) is 1. The molecule has 0 amide bonds. The Morgan fingerprint density at radius 3 is 1.94 bits per heavy atom. The van der Waals surface area contributed by atoms with Crippen molar-refractivity contribution in [2.45, 2.75) is 18.6 Å². The average molecular weight is 261 g/mol. The lowest BCUT2D eigenvalue weighted by molar-refractivity contribution is -0.151. The van der Waals surface area contributed by atoms with Gasteiger partial charge < -0.3 is 5.11 Å². The van der Waals surface area contributed by atoms with E-state index in [1.807, 2.05) is 0 Å². The molecule has 0 aliphatic heterocycles. The minimum atomic E-state index is -4.58. The first kappa shape index (κ1) is 14.5. The molecule has 18 heavy (non-hydrogen) atoms. The SMILES string of the molecule is CN(C)C(C)(C(=O)O)c1ccccc1C(F)(F)F. The molecule has 1 aromatic carbocycles. The van der Waals surface area contributed by atoms with Gasteiger partial charge in [-0.15, -0.1) is 0 Å². The van der Waals surface area contributed by atoms with E-state index in [0.717, 1.165) is 6.07 Å². The van der Waals surface area contributed by atoms with Gasteiger partial charge in [0.15, 0.2) is 0 Å². The molecule has 0 aromatic heterocycles. The molecule has 6 heteroatoms. The van der Waals surface area contributed by atoms with E-state index >= 15 is 0 Å². The third-order valence-electron chi connectivity index (χ3n) is 3.07. The molecule has 0 bridgehead atoms. The van der Waals surface area contributed by atoms with Crippen molar-refractivity contribution >= 4 is 5.97 Å². The second-order valence-electron chi connectivity index (χ2n) is 4.32. The van der Waals surface area contributed by atoms with E-state index in [-0.39, 0.29) is 5.56 Å². The zero-order valence-electron chi connectivity index (χ0n) is 10.2. The number of rotatable bonds is 3. The van der Waals surface area contributed by atoms with Crippen LogP contribution in [0.4, 0.5) is 13.2 Å². The number of carboxylic acids is 1. The summed E-state index contributed by atoms with van der Waals surface area (Å²) in [4.78, 5) is 12.6. The Hall–Kier alpha value is -1.56. The monoisotopic (exact) mass is 261 g/mol. The molecule has 0 heterocycles. The number of likely N-dealkylation sites (N-methyl/N-ethyl adjacent to an activating group) is 1. The summed E-state index contributed by atoms with van der Waals surface area (Å²) in [5, 5.41) is 9.24. The summed E-state index contributed by atoms with van der Waals surface area (Å²) in [5.74, 6) is -1.33. The molecule has 1 aromatic rings. The normalized spacial score (nSPS) is 15.5. The molecule has 0 saturated heterocycles. The number of aliphatic carboxylic acids is 1. The van der Waals surface area contributed by atoms with Crippen LogP contribution < -0.4 is 0 Å². The summed E-state index contributed by atoms with van der Waals surface area (Å²) in [6, 6.07) is 4.72. The lowest BCUT2D eigenvalue weighted by Gasteiger charge is -2.34. The molecule has 1 unspecified atom stereocenters. The van der Waals surface area contributed by atoms with E-state index < -0.39 is 23.2 Å². The Kier molecular flexibility index (Phi) is 3.71. The third-order valence-corrected chi connectivity index (χ3v) is 3.07.